The molecule has 5 heteroatoms. The zero-order chi connectivity index (χ0) is 13.9. The van der Waals surface area contributed by atoms with Gasteiger partial charge < -0.3 is 5.32 Å². The minimum absolute atomic E-state index is 0.277. The summed E-state index contributed by atoms with van der Waals surface area (Å²) in [5.74, 6) is 0.413. The Hall–Kier alpha value is -2.56. The van der Waals surface area contributed by atoms with E-state index in [1.54, 1.807) is 6.07 Å². The van der Waals surface area contributed by atoms with Gasteiger partial charge in [-0.3, -0.25) is 0 Å². The van der Waals surface area contributed by atoms with E-state index in [1.807, 2.05) is 25.1 Å². The van der Waals surface area contributed by atoms with E-state index < -0.39 is 0 Å². The molecule has 1 N–H and O–H groups in total. The highest BCUT2D eigenvalue weighted by Gasteiger charge is 2.07. The quantitative estimate of drug-likeness (QED) is 0.792. The molecule has 20 heavy (non-hydrogen) atoms. The maximum atomic E-state index is 13.3. The SMILES string of the molecule is CCNc1ncnc2ccc(-c3cccc(F)c3)nc12. The van der Waals surface area contributed by atoms with E-state index in [2.05, 4.69) is 20.3 Å². The van der Waals surface area contributed by atoms with Gasteiger partial charge in [-0.05, 0) is 31.2 Å². The largest absolute Gasteiger partial charge is 0.368 e. The van der Waals surface area contributed by atoms with Crippen molar-refractivity contribution in [2.24, 2.45) is 0 Å². The van der Waals surface area contributed by atoms with Crippen molar-refractivity contribution in [1.29, 1.82) is 0 Å². The third kappa shape index (κ3) is 2.30. The Kier molecular flexibility index (Phi) is 3.25. The molecule has 0 spiro atoms. The van der Waals surface area contributed by atoms with Crippen LogP contribution in [0.25, 0.3) is 22.3 Å². The Balaban J connectivity index is 2.16. The zero-order valence-corrected chi connectivity index (χ0v) is 11.0. The summed E-state index contributed by atoms with van der Waals surface area (Å²) in [6, 6.07) is 10.1. The van der Waals surface area contributed by atoms with Crippen molar-refractivity contribution < 1.29 is 4.39 Å². The number of hydrogen-bond acceptors (Lipinski definition) is 4. The van der Waals surface area contributed by atoms with Crippen LogP contribution in [0.5, 0.6) is 0 Å². The van der Waals surface area contributed by atoms with Crippen molar-refractivity contribution in [2.75, 3.05) is 11.9 Å². The molecular weight excluding hydrogens is 255 g/mol. The fourth-order valence-corrected chi connectivity index (χ4v) is 2.05. The molecule has 0 amide bonds. The second-order valence-electron chi connectivity index (χ2n) is 4.33. The van der Waals surface area contributed by atoms with Crippen molar-refractivity contribution in [3.63, 3.8) is 0 Å². The summed E-state index contributed by atoms with van der Waals surface area (Å²) in [5.41, 5.74) is 2.89. The first-order valence-electron chi connectivity index (χ1n) is 6.39. The molecule has 0 atom stereocenters. The van der Waals surface area contributed by atoms with Crippen LogP contribution in [0.1, 0.15) is 6.92 Å². The number of nitrogens with one attached hydrogen (secondary N) is 1. The summed E-state index contributed by atoms with van der Waals surface area (Å²) in [6.45, 7) is 2.74. The predicted octanol–water partition coefficient (Wildman–Crippen LogP) is 3.26. The fourth-order valence-electron chi connectivity index (χ4n) is 2.05. The monoisotopic (exact) mass is 268 g/mol. The minimum atomic E-state index is -0.277. The van der Waals surface area contributed by atoms with E-state index in [4.69, 9.17) is 0 Å². The van der Waals surface area contributed by atoms with Gasteiger partial charge in [-0.1, -0.05) is 12.1 Å². The Morgan fingerprint density at radius 3 is 2.85 bits per heavy atom. The van der Waals surface area contributed by atoms with E-state index in [9.17, 15) is 4.39 Å². The van der Waals surface area contributed by atoms with Gasteiger partial charge >= 0.3 is 0 Å². The lowest BCUT2D eigenvalue weighted by Crippen LogP contribution is -2.02. The first-order chi connectivity index (χ1) is 9.78. The summed E-state index contributed by atoms with van der Waals surface area (Å²) < 4.78 is 13.3. The lowest BCUT2D eigenvalue weighted by atomic mass is 10.1. The van der Waals surface area contributed by atoms with Crippen LogP contribution < -0.4 is 5.32 Å². The maximum Gasteiger partial charge on any atom is 0.156 e. The number of rotatable bonds is 3. The molecular formula is C15H13FN4. The molecule has 0 aliphatic heterocycles. The summed E-state index contributed by atoms with van der Waals surface area (Å²) in [7, 11) is 0. The molecule has 0 unspecified atom stereocenters. The number of anilines is 1. The molecule has 0 aliphatic carbocycles. The lowest BCUT2D eigenvalue weighted by molar-refractivity contribution is 0.628. The molecule has 0 fully saturated rings. The lowest BCUT2D eigenvalue weighted by Gasteiger charge is -2.07. The van der Waals surface area contributed by atoms with Crippen LogP contribution in [0, 0.1) is 5.82 Å². The van der Waals surface area contributed by atoms with Crippen molar-refractivity contribution in [3.8, 4) is 11.3 Å². The summed E-state index contributed by atoms with van der Waals surface area (Å²) in [5, 5.41) is 3.15. The van der Waals surface area contributed by atoms with E-state index in [1.165, 1.54) is 18.5 Å². The van der Waals surface area contributed by atoms with Gasteiger partial charge in [-0.2, -0.15) is 0 Å². The van der Waals surface area contributed by atoms with Crippen LogP contribution >= 0.6 is 0 Å². The smallest absolute Gasteiger partial charge is 0.156 e. The van der Waals surface area contributed by atoms with Crippen LogP contribution in [0.15, 0.2) is 42.7 Å². The molecule has 0 saturated carbocycles. The van der Waals surface area contributed by atoms with Gasteiger partial charge in [0.1, 0.15) is 17.7 Å². The van der Waals surface area contributed by atoms with E-state index in [-0.39, 0.29) is 5.82 Å². The number of halogens is 1. The molecule has 2 aromatic heterocycles. The number of aromatic nitrogens is 3. The zero-order valence-electron chi connectivity index (χ0n) is 11.0. The molecule has 0 aliphatic rings. The maximum absolute atomic E-state index is 13.3. The molecule has 100 valence electrons. The number of fused-ring (bicyclic) bond motifs is 1. The van der Waals surface area contributed by atoms with Crippen LogP contribution in [0.4, 0.5) is 10.2 Å². The van der Waals surface area contributed by atoms with E-state index in [0.717, 1.165) is 17.6 Å². The topological polar surface area (TPSA) is 50.7 Å². The Bertz CT molecular complexity index is 758. The van der Waals surface area contributed by atoms with Crippen molar-refractivity contribution >= 4 is 16.9 Å². The van der Waals surface area contributed by atoms with Crippen molar-refractivity contribution in [3.05, 3.63) is 48.5 Å². The van der Waals surface area contributed by atoms with Gasteiger partial charge in [0.15, 0.2) is 5.82 Å². The van der Waals surface area contributed by atoms with Gasteiger partial charge in [-0.15, -0.1) is 0 Å². The molecule has 1 aromatic carbocycles. The minimum Gasteiger partial charge on any atom is -0.368 e. The highest BCUT2D eigenvalue weighted by atomic mass is 19.1. The molecule has 3 aromatic rings. The average molecular weight is 268 g/mol. The van der Waals surface area contributed by atoms with E-state index >= 15 is 0 Å². The average Bonchev–Trinajstić information content (AvgIpc) is 2.47. The highest BCUT2D eigenvalue weighted by molar-refractivity contribution is 5.86. The van der Waals surface area contributed by atoms with Gasteiger partial charge in [-0.25, -0.2) is 19.3 Å². The molecule has 0 saturated heterocycles. The second-order valence-corrected chi connectivity index (χ2v) is 4.33. The second kappa shape index (κ2) is 5.21. The fraction of sp³-hybridized carbons (Fsp3) is 0.133. The van der Waals surface area contributed by atoms with Gasteiger partial charge in [0.05, 0.1) is 11.2 Å². The number of nitrogens with zero attached hydrogens (tertiary/aromatic N) is 3. The van der Waals surface area contributed by atoms with E-state index in [0.29, 0.717) is 17.0 Å². The number of hydrogen-bond donors (Lipinski definition) is 1. The van der Waals surface area contributed by atoms with Gasteiger partial charge in [0.25, 0.3) is 0 Å². The Morgan fingerprint density at radius 2 is 2.05 bits per heavy atom. The van der Waals surface area contributed by atoms with Crippen molar-refractivity contribution in [2.45, 2.75) is 6.92 Å². The Labute approximate surface area is 115 Å². The summed E-state index contributed by atoms with van der Waals surface area (Å²) in [4.78, 5) is 12.9. The van der Waals surface area contributed by atoms with Crippen molar-refractivity contribution in [1.82, 2.24) is 15.0 Å². The molecule has 4 nitrogen and oxygen atoms in total. The predicted molar refractivity (Wildman–Crippen MR) is 76.9 cm³/mol. The normalized spacial score (nSPS) is 10.7. The van der Waals surface area contributed by atoms with Crippen LogP contribution in [-0.2, 0) is 0 Å². The first kappa shape index (κ1) is 12.5. The summed E-state index contributed by atoms with van der Waals surface area (Å²) >= 11 is 0. The van der Waals surface area contributed by atoms with Crippen LogP contribution in [0.2, 0.25) is 0 Å². The Morgan fingerprint density at radius 1 is 1.15 bits per heavy atom. The van der Waals surface area contributed by atoms with Gasteiger partial charge in [0, 0.05) is 12.1 Å². The van der Waals surface area contributed by atoms with Crippen LogP contribution in [0.3, 0.4) is 0 Å². The standard InChI is InChI=1S/C15H13FN4/c1-2-17-15-14-13(18-9-19-15)7-6-12(20-14)10-4-3-5-11(16)8-10/h3-9H,2H2,1H3,(H,17,18,19). The van der Waals surface area contributed by atoms with Crippen LogP contribution in [-0.4, -0.2) is 21.5 Å². The summed E-state index contributed by atoms with van der Waals surface area (Å²) in [6.07, 6.45) is 1.50. The number of pyridine rings is 1. The third-order valence-electron chi connectivity index (χ3n) is 2.95. The molecule has 0 radical (unpaired) electrons. The van der Waals surface area contributed by atoms with Gasteiger partial charge in [0.2, 0.25) is 0 Å². The number of benzene rings is 1. The molecule has 0 bridgehead atoms. The third-order valence-corrected chi connectivity index (χ3v) is 2.95. The molecule has 2 heterocycles. The highest BCUT2D eigenvalue weighted by Crippen LogP contribution is 2.23. The molecule has 3 rings (SSSR count). The first-order valence-corrected chi connectivity index (χ1v) is 6.39.